The predicted octanol–water partition coefficient (Wildman–Crippen LogP) is 5.09. The van der Waals surface area contributed by atoms with E-state index >= 15 is 0 Å². The quantitative estimate of drug-likeness (QED) is 0.496. The lowest BCUT2D eigenvalue weighted by molar-refractivity contribution is 0.121. The minimum Gasteiger partial charge on any atom is -0.437 e. The Bertz CT molecular complexity index is 811. The summed E-state index contributed by atoms with van der Waals surface area (Å²) < 4.78 is 9.90. The van der Waals surface area contributed by atoms with Gasteiger partial charge < -0.3 is 9.47 Å². The van der Waals surface area contributed by atoms with Gasteiger partial charge in [-0.3, -0.25) is 0 Å². The van der Waals surface area contributed by atoms with Crippen molar-refractivity contribution in [2.75, 3.05) is 7.11 Å². The minimum absolute atomic E-state index is 0.491. The second-order valence-corrected chi connectivity index (χ2v) is 5.42. The molecule has 0 amide bonds. The maximum Gasteiger partial charge on any atom is 0.513 e. The standard InChI is InChI=1S/C21H18O3/c1-23-21(22)24-20-13-12-17(14-16-8-4-2-5-9-16)15-19(20)18-10-6-3-7-11-18/h2-13,15H,14H2,1H3. The van der Waals surface area contributed by atoms with Gasteiger partial charge >= 0.3 is 6.16 Å². The highest BCUT2D eigenvalue weighted by Crippen LogP contribution is 2.32. The van der Waals surface area contributed by atoms with Crippen LogP contribution in [0.3, 0.4) is 0 Å². The molecule has 0 radical (unpaired) electrons. The van der Waals surface area contributed by atoms with Gasteiger partial charge in [0, 0.05) is 5.56 Å². The molecule has 0 fully saturated rings. The predicted molar refractivity (Wildman–Crippen MR) is 94.2 cm³/mol. The molecule has 3 aromatic rings. The Kier molecular flexibility index (Phi) is 4.92. The summed E-state index contributed by atoms with van der Waals surface area (Å²) in [7, 11) is 1.30. The zero-order valence-corrected chi connectivity index (χ0v) is 13.4. The van der Waals surface area contributed by atoms with Gasteiger partial charge in [0.2, 0.25) is 0 Å². The third-order valence-corrected chi connectivity index (χ3v) is 3.74. The zero-order chi connectivity index (χ0) is 16.8. The second kappa shape index (κ2) is 7.47. The van der Waals surface area contributed by atoms with Crippen molar-refractivity contribution in [1.82, 2.24) is 0 Å². The molecule has 0 bridgehead atoms. The van der Waals surface area contributed by atoms with Crippen LogP contribution in [0.5, 0.6) is 5.75 Å². The van der Waals surface area contributed by atoms with Crippen LogP contribution in [-0.2, 0) is 11.2 Å². The van der Waals surface area contributed by atoms with Crippen molar-refractivity contribution in [3.05, 3.63) is 90.0 Å². The molecule has 3 aromatic carbocycles. The average molecular weight is 318 g/mol. The van der Waals surface area contributed by atoms with E-state index in [1.165, 1.54) is 12.7 Å². The van der Waals surface area contributed by atoms with Gasteiger partial charge in [-0.2, -0.15) is 0 Å². The summed E-state index contributed by atoms with van der Waals surface area (Å²) in [6.07, 6.45) is 0.0992. The number of hydrogen-bond acceptors (Lipinski definition) is 3. The molecule has 3 heteroatoms. The molecule has 0 unspecified atom stereocenters. The van der Waals surface area contributed by atoms with Crippen molar-refractivity contribution < 1.29 is 14.3 Å². The molecule has 0 spiro atoms. The summed E-state index contributed by atoms with van der Waals surface area (Å²) in [4.78, 5) is 11.5. The monoisotopic (exact) mass is 318 g/mol. The van der Waals surface area contributed by atoms with Gasteiger partial charge in [0.25, 0.3) is 0 Å². The Morgan fingerprint density at radius 1 is 0.833 bits per heavy atom. The first kappa shape index (κ1) is 15.8. The molecule has 0 heterocycles. The van der Waals surface area contributed by atoms with E-state index in [1.807, 2.05) is 60.7 Å². The van der Waals surface area contributed by atoms with Crippen LogP contribution in [-0.4, -0.2) is 13.3 Å². The van der Waals surface area contributed by atoms with Gasteiger partial charge in [-0.25, -0.2) is 4.79 Å². The van der Waals surface area contributed by atoms with Crippen LogP contribution in [0.25, 0.3) is 11.1 Å². The van der Waals surface area contributed by atoms with Gasteiger partial charge in [-0.1, -0.05) is 66.7 Å². The Morgan fingerprint density at radius 2 is 1.50 bits per heavy atom. The SMILES string of the molecule is COC(=O)Oc1ccc(Cc2ccccc2)cc1-c1ccccc1. The van der Waals surface area contributed by atoms with E-state index in [9.17, 15) is 4.79 Å². The fraction of sp³-hybridized carbons (Fsp3) is 0.0952. The molecule has 0 atom stereocenters. The van der Waals surface area contributed by atoms with Crippen LogP contribution in [0.4, 0.5) is 4.79 Å². The van der Waals surface area contributed by atoms with Crippen LogP contribution in [0, 0.1) is 0 Å². The van der Waals surface area contributed by atoms with E-state index in [4.69, 9.17) is 4.74 Å². The number of benzene rings is 3. The molecule has 0 saturated carbocycles. The second-order valence-electron chi connectivity index (χ2n) is 5.42. The van der Waals surface area contributed by atoms with Crippen LogP contribution in [0.2, 0.25) is 0 Å². The molecular formula is C21H18O3. The topological polar surface area (TPSA) is 35.5 Å². The highest BCUT2D eigenvalue weighted by molar-refractivity contribution is 5.75. The fourth-order valence-electron chi connectivity index (χ4n) is 2.58. The molecule has 0 N–H and O–H groups in total. The lowest BCUT2D eigenvalue weighted by atomic mass is 9.98. The molecule has 0 saturated heterocycles. The molecule has 3 nitrogen and oxygen atoms in total. The van der Waals surface area contributed by atoms with Gasteiger partial charge in [0.1, 0.15) is 5.75 Å². The summed E-state index contributed by atoms with van der Waals surface area (Å²) in [6, 6.07) is 26.0. The highest BCUT2D eigenvalue weighted by Gasteiger charge is 2.12. The van der Waals surface area contributed by atoms with Gasteiger partial charge in [-0.15, -0.1) is 0 Å². The summed E-state index contributed by atoms with van der Waals surface area (Å²) >= 11 is 0. The van der Waals surface area contributed by atoms with Gasteiger partial charge in [-0.05, 0) is 35.2 Å². The maximum atomic E-state index is 11.5. The van der Waals surface area contributed by atoms with Crippen LogP contribution < -0.4 is 4.74 Å². The first-order valence-electron chi connectivity index (χ1n) is 7.74. The van der Waals surface area contributed by atoms with Crippen molar-refractivity contribution in [2.24, 2.45) is 0 Å². The number of ether oxygens (including phenoxy) is 2. The van der Waals surface area contributed by atoms with Crippen LogP contribution in [0.1, 0.15) is 11.1 Å². The van der Waals surface area contributed by atoms with E-state index in [0.717, 1.165) is 23.1 Å². The molecule has 0 aliphatic carbocycles. The largest absolute Gasteiger partial charge is 0.513 e. The van der Waals surface area contributed by atoms with E-state index in [1.54, 1.807) is 0 Å². The van der Waals surface area contributed by atoms with E-state index in [0.29, 0.717) is 5.75 Å². The summed E-state index contributed by atoms with van der Waals surface area (Å²) in [5.41, 5.74) is 4.25. The van der Waals surface area contributed by atoms with Crippen molar-refractivity contribution in [2.45, 2.75) is 6.42 Å². The third-order valence-electron chi connectivity index (χ3n) is 3.74. The maximum absolute atomic E-state index is 11.5. The average Bonchev–Trinajstić information content (AvgIpc) is 2.64. The number of carbonyl (C=O) groups excluding carboxylic acids is 1. The van der Waals surface area contributed by atoms with Crippen molar-refractivity contribution in [3.63, 3.8) is 0 Å². The van der Waals surface area contributed by atoms with Crippen molar-refractivity contribution in [3.8, 4) is 16.9 Å². The smallest absolute Gasteiger partial charge is 0.437 e. The number of rotatable bonds is 4. The zero-order valence-electron chi connectivity index (χ0n) is 13.4. The summed E-state index contributed by atoms with van der Waals surface area (Å²) in [5, 5.41) is 0. The minimum atomic E-state index is -0.719. The molecular weight excluding hydrogens is 300 g/mol. The van der Waals surface area contributed by atoms with Crippen molar-refractivity contribution >= 4 is 6.16 Å². The van der Waals surface area contributed by atoms with Crippen LogP contribution in [0.15, 0.2) is 78.9 Å². The molecule has 120 valence electrons. The molecule has 0 aromatic heterocycles. The van der Waals surface area contributed by atoms with Crippen LogP contribution >= 0.6 is 0 Å². The normalized spacial score (nSPS) is 10.2. The highest BCUT2D eigenvalue weighted by atomic mass is 16.7. The molecule has 0 aliphatic rings. The van der Waals surface area contributed by atoms with E-state index in [-0.39, 0.29) is 0 Å². The lowest BCUT2D eigenvalue weighted by Crippen LogP contribution is -2.08. The molecule has 3 rings (SSSR count). The fourth-order valence-corrected chi connectivity index (χ4v) is 2.58. The summed E-state index contributed by atoms with van der Waals surface area (Å²) in [5.74, 6) is 0.491. The number of hydrogen-bond donors (Lipinski definition) is 0. The van der Waals surface area contributed by atoms with Gasteiger partial charge in [0.05, 0.1) is 7.11 Å². The Labute approximate surface area is 141 Å². The Morgan fingerprint density at radius 3 is 2.17 bits per heavy atom. The number of methoxy groups -OCH3 is 1. The first-order chi connectivity index (χ1) is 11.8. The van der Waals surface area contributed by atoms with E-state index in [2.05, 4.69) is 22.9 Å². The van der Waals surface area contributed by atoms with Gasteiger partial charge in [0.15, 0.2) is 0 Å². The third kappa shape index (κ3) is 3.82. The van der Waals surface area contributed by atoms with E-state index < -0.39 is 6.16 Å². The first-order valence-corrected chi connectivity index (χ1v) is 7.74. The number of carbonyl (C=O) groups is 1. The van der Waals surface area contributed by atoms with Crippen molar-refractivity contribution in [1.29, 1.82) is 0 Å². The Balaban J connectivity index is 1.97. The Hall–Kier alpha value is -3.07. The summed E-state index contributed by atoms with van der Waals surface area (Å²) in [6.45, 7) is 0. The molecule has 24 heavy (non-hydrogen) atoms. The lowest BCUT2D eigenvalue weighted by Gasteiger charge is -2.12. The molecule has 0 aliphatic heterocycles.